The molecule has 0 bridgehead atoms. The van der Waals surface area contributed by atoms with Gasteiger partial charge >= 0.3 is 5.97 Å². The van der Waals surface area contributed by atoms with Gasteiger partial charge in [-0.05, 0) is 117 Å². The van der Waals surface area contributed by atoms with Gasteiger partial charge in [-0.15, -0.1) is 0 Å². The minimum Gasteiger partial charge on any atom is -0.339 e. The van der Waals surface area contributed by atoms with Gasteiger partial charge in [0.2, 0.25) is 0 Å². The average molecular weight is 421 g/mol. The lowest BCUT2D eigenvalue weighted by Crippen LogP contribution is -2.51. The van der Waals surface area contributed by atoms with Crippen molar-refractivity contribution in [2.75, 3.05) is 13.6 Å². The lowest BCUT2D eigenvalue weighted by molar-refractivity contribution is -0.0968. The van der Waals surface area contributed by atoms with E-state index in [4.69, 9.17) is 0 Å². The minimum atomic E-state index is -0.381. The fourth-order valence-electron chi connectivity index (χ4n) is 8.72. The second kappa shape index (κ2) is 9.51. The maximum absolute atomic E-state index is 9.26. The van der Waals surface area contributed by atoms with Gasteiger partial charge in [0.05, 0.1) is 0 Å². The molecule has 0 aromatic rings. The van der Waals surface area contributed by atoms with Gasteiger partial charge in [-0.25, -0.2) is 0 Å². The number of aliphatic hydroxyl groups excluding tert-OH is 1. The van der Waals surface area contributed by atoms with E-state index in [2.05, 4.69) is 47.0 Å². The summed E-state index contributed by atoms with van der Waals surface area (Å²) in [5.41, 5.74) is 0.930. The summed E-state index contributed by atoms with van der Waals surface area (Å²) < 4.78 is 0. The Morgan fingerprint density at radius 3 is 2.47 bits per heavy atom. The van der Waals surface area contributed by atoms with Crippen LogP contribution in [0.15, 0.2) is 0 Å². The van der Waals surface area contributed by atoms with Crippen LogP contribution in [0, 0.1) is 52.3 Å². The van der Waals surface area contributed by atoms with E-state index in [1.165, 1.54) is 51.4 Å². The fourth-order valence-corrected chi connectivity index (χ4v) is 8.72. The molecule has 3 N–H and O–H groups in total. The Morgan fingerprint density at radius 2 is 1.83 bits per heavy atom. The van der Waals surface area contributed by atoms with Crippen LogP contribution in [0.2, 0.25) is 0 Å². The number of fused-ring (bicyclic) bond motifs is 3. The normalized spacial score (nSPS) is 39.7. The van der Waals surface area contributed by atoms with Crippen LogP contribution in [-0.4, -0.2) is 29.5 Å². The molecular weight excluding hydrogens is 370 g/mol. The Hall–Kier alpha value is -0.570. The van der Waals surface area contributed by atoms with Gasteiger partial charge in [0, 0.05) is 0 Å². The van der Waals surface area contributed by atoms with Gasteiger partial charge in [-0.2, -0.15) is 0 Å². The van der Waals surface area contributed by atoms with E-state index >= 15 is 0 Å². The standard InChI is InChI=1S/C27H49NO2/c1-7-19(17-28-6)16-20-9-10-21-23(26(20,3)4)14-15-27(5)22(11-12-24(21)27)18(2)8-13-25(29)30/h18-24,28H,7-17H2,1-6H3,(H,29,30)/p+1/t18?,19-,20+,21+,22?,23?,24?,27+/m0/s1. The highest BCUT2D eigenvalue weighted by molar-refractivity contribution is 5.67. The van der Waals surface area contributed by atoms with Crippen molar-refractivity contribution >= 4 is 5.97 Å². The minimum absolute atomic E-state index is 0.381. The summed E-state index contributed by atoms with van der Waals surface area (Å²) in [5, 5.41) is 12.7. The van der Waals surface area contributed by atoms with E-state index in [1.54, 1.807) is 0 Å². The summed E-state index contributed by atoms with van der Waals surface area (Å²) >= 11 is 0. The van der Waals surface area contributed by atoms with Crippen LogP contribution in [0.3, 0.4) is 0 Å². The number of hydrogen-bond donors (Lipinski definition) is 2. The Bertz CT molecular complexity index is 587. The molecule has 3 aliphatic rings. The van der Waals surface area contributed by atoms with Gasteiger partial charge in [0.15, 0.2) is 0 Å². The van der Waals surface area contributed by atoms with Crippen LogP contribution in [0.5, 0.6) is 0 Å². The average Bonchev–Trinajstić information content (AvgIpc) is 3.04. The molecule has 0 saturated heterocycles. The van der Waals surface area contributed by atoms with Crippen molar-refractivity contribution in [2.45, 2.75) is 98.8 Å². The highest BCUT2D eigenvalue weighted by Crippen LogP contribution is 2.67. The van der Waals surface area contributed by atoms with Gasteiger partial charge in [0.25, 0.3) is 0 Å². The highest BCUT2D eigenvalue weighted by Gasteiger charge is 2.58. The maximum atomic E-state index is 9.26. The molecule has 30 heavy (non-hydrogen) atoms. The van der Waals surface area contributed by atoms with Crippen molar-refractivity contribution in [3.05, 3.63) is 0 Å². The molecule has 0 aliphatic heterocycles. The third-order valence-electron chi connectivity index (χ3n) is 10.6. The van der Waals surface area contributed by atoms with Crippen molar-refractivity contribution in [1.82, 2.24) is 5.32 Å². The second-order valence-corrected chi connectivity index (χ2v) is 12.2. The number of carboxylic acids is 1. The number of hydrogen-bond acceptors (Lipinski definition) is 1. The summed E-state index contributed by atoms with van der Waals surface area (Å²) in [5.74, 6) is 5.34. The zero-order valence-electron chi connectivity index (χ0n) is 20.7. The monoisotopic (exact) mass is 420 g/mol. The zero-order valence-corrected chi connectivity index (χ0v) is 20.7. The van der Waals surface area contributed by atoms with Crippen LogP contribution < -0.4 is 5.32 Å². The van der Waals surface area contributed by atoms with Crippen molar-refractivity contribution in [3.8, 4) is 0 Å². The van der Waals surface area contributed by atoms with E-state index < -0.39 is 0 Å². The van der Waals surface area contributed by atoms with E-state index in [0.29, 0.717) is 23.2 Å². The SMILES string of the molecule is CC[C@H](CNC)C[C@H]1CC[C@@H]2C(CC[C@]3(C)C(C(C)CCC(O)=[OH+])CCC23)C1(C)C. The third-order valence-corrected chi connectivity index (χ3v) is 10.6. The summed E-state index contributed by atoms with van der Waals surface area (Å²) in [6, 6.07) is 0. The van der Waals surface area contributed by atoms with Gasteiger partial charge < -0.3 is 15.2 Å². The van der Waals surface area contributed by atoms with Crippen molar-refractivity contribution in [1.29, 1.82) is 0 Å². The van der Waals surface area contributed by atoms with E-state index in [0.717, 1.165) is 48.5 Å². The Labute approximate surface area is 186 Å². The Kier molecular flexibility index (Phi) is 7.63. The summed E-state index contributed by atoms with van der Waals surface area (Å²) in [4.78, 5) is 9.26. The lowest BCUT2D eigenvalue weighted by Gasteiger charge is -2.59. The molecule has 0 aromatic carbocycles. The van der Waals surface area contributed by atoms with E-state index in [1.807, 2.05) is 0 Å². The molecule has 3 fully saturated rings. The number of carboxylic acid groups (broad SMARTS) is 1. The zero-order chi connectivity index (χ0) is 22.1. The Morgan fingerprint density at radius 1 is 1.10 bits per heavy atom. The predicted molar refractivity (Wildman–Crippen MR) is 127 cm³/mol. The molecule has 0 heterocycles. The first-order valence-electron chi connectivity index (χ1n) is 13.0. The molecular formula is C27H50NO2+. The fraction of sp³-hybridized carbons (Fsp3) is 0.963. The van der Waals surface area contributed by atoms with Crippen LogP contribution in [0.4, 0.5) is 0 Å². The van der Waals surface area contributed by atoms with Crippen molar-refractivity contribution < 1.29 is 9.90 Å². The molecule has 3 nitrogen and oxygen atoms in total. The molecule has 174 valence electrons. The quantitative estimate of drug-likeness (QED) is 0.413. The summed E-state index contributed by atoms with van der Waals surface area (Å²) in [7, 11) is 2.10. The van der Waals surface area contributed by atoms with Crippen LogP contribution >= 0.6 is 0 Å². The first kappa shape index (κ1) is 24.1. The largest absolute Gasteiger partial charge is 0.480 e. The number of nitrogens with one attached hydrogen (secondary N) is 1. The molecule has 3 heteroatoms. The van der Waals surface area contributed by atoms with E-state index in [9.17, 15) is 9.90 Å². The smallest absolute Gasteiger partial charge is 0.339 e. The van der Waals surface area contributed by atoms with E-state index in [-0.39, 0.29) is 5.97 Å². The van der Waals surface area contributed by atoms with Crippen LogP contribution in [0.1, 0.15) is 98.8 Å². The number of aliphatic carboxylic acids is 1. The molecule has 3 aliphatic carbocycles. The topological polar surface area (TPSA) is 53.7 Å². The van der Waals surface area contributed by atoms with Gasteiger partial charge in [0.1, 0.15) is 6.42 Å². The van der Waals surface area contributed by atoms with Crippen molar-refractivity contribution in [3.63, 3.8) is 0 Å². The van der Waals surface area contributed by atoms with Gasteiger partial charge in [-0.1, -0.05) is 41.0 Å². The molecule has 0 amide bonds. The second-order valence-electron chi connectivity index (χ2n) is 12.2. The lowest BCUT2D eigenvalue weighted by atomic mass is 9.46. The van der Waals surface area contributed by atoms with Crippen LogP contribution in [-0.2, 0) is 0 Å². The molecule has 0 radical (unpaired) electrons. The molecule has 0 aromatic heterocycles. The molecule has 3 saturated carbocycles. The van der Waals surface area contributed by atoms with Crippen LogP contribution in [0.25, 0.3) is 0 Å². The molecule has 4 unspecified atom stereocenters. The molecule has 3 rings (SSSR count). The Balaban J connectivity index is 1.71. The highest BCUT2D eigenvalue weighted by atomic mass is 16.4. The molecule has 8 atom stereocenters. The first-order chi connectivity index (χ1) is 14.1. The summed E-state index contributed by atoms with van der Waals surface area (Å²) in [6.07, 6.45) is 12.5. The predicted octanol–water partition coefficient (Wildman–Crippen LogP) is 6.59. The maximum Gasteiger partial charge on any atom is 0.480 e. The molecule has 0 spiro atoms. The van der Waals surface area contributed by atoms with Crippen molar-refractivity contribution in [2.24, 2.45) is 52.3 Å². The number of rotatable bonds is 9. The third kappa shape index (κ3) is 4.48. The summed E-state index contributed by atoms with van der Waals surface area (Å²) in [6.45, 7) is 13.7. The first-order valence-corrected chi connectivity index (χ1v) is 13.0. The van der Waals surface area contributed by atoms with Gasteiger partial charge in [-0.3, -0.25) is 0 Å².